The lowest BCUT2D eigenvalue weighted by Crippen LogP contribution is -2.08. The average molecular weight is 468 g/mol. The van der Waals surface area contributed by atoms with Crippen LogP contribution in [0.1, 0.15) is 32.6 Å². The number of esters is 1. The van der Waals surface area contributed by atoms with Crippen LogP contribution in [0.3, 0.4) is 0 Å². The molecule has 0 radical (unpaired) electrons. The van der Waals surface area contributed by atoms with Gasteiger partial charge in [0, 0.05) is 17.5 Å². The highest BCUT2D eigenvalue weighted by molar-refractivity contribution is 5.89. The number of hydrogen-bond acceptors (Lipinski definition) is 5. The SMILES string of the molecule is Cc1cc(=O)oc2cc(OCc3ccc(C(=O)OCc4cccc(C(F)(F)F)c4)cc3)ccc12. The average Bonchev–Trinajstić information content (AvgIpc) is 2.81. The number of aryl methyl sites for hydroxylation is 1. The molecule has 0 aliphatic carbocycles. The maximum Gasteiger partial charge on any atom is 0.416 e. The molecule has 0 saturated heterocycles. The fourth-order valence-electron chi connectivity index (χ4n) is 3.37. The molecule has 5 nitrogen and oxygen atoms in total. The summed E-state index contributed by atoms with van der Waals surface area (Å²) in [5, 5.41) is 0.819. The van der Waals surface area contributed by atoms with Gasteiger partial charge in [-0.2, -0.15) is 13.2 Å². The van der Waals surface area contributed by atoms with Gasteiger partial charge in [-0.25, -0.2) is 9.59 Å². The molecule has 0 fully saturated rings. The number of rotatable bonds is 6. The van der Waals surface area contributed by atoms with Gasteiger partial charge in [-0.1, -0.05) is 24.3 Å². The highest BCUT2D eigenvalue weighted by Crippen LogP contribution is 2.29. The van der Waals surface area contributed by atoms with Crippen LogP contribution in [0.25, 0.3) is 11.0 Å². The zero-order valence-corrected chi connectivity index (χ0v) is 18.0. The van der Waals surface area contributed by atoms with E-state index in [9.17, 15) is 22.8 Å². The van der Waals surface area contributed by atoms with Gasteiger partial charge in [0.2, 0.25) is 0 Å². The normalized spacial score (nSPS) is 11.4. The lowest BCUT2D eigenvalue weighted by Gasteiger charge is -2.10. The fraction of sp³-hybridized carbons (Fsp3) is 0.154. The van der Waals surface area contributed by atoms with Crippen LogP contribution >= 0.6 is 0 Å². The van der Waals surface area contributed by atoms with Gasteiger partial charge in [0.25, 0.3) is 0 Å². The Morgan fingerprint density at radius 2 is 1.68 bits per heavy atom. The first-order valence-electron chi connectivity index (χ1n) is 10.3. The number of hydrogen-bond donors (Lipinski definition) is 0. The standard InChI is InChI=1S/C26H19F3O5/c1-16-11-24(30)34-23-13-21(9-10-22(16)23)32-14-17-5-7-19(8-6-17)25(31)33-15-18-3-2-4-20(12-18)26(27,28)29/h2-13H,14-15H2,1H3. The van der Waals surface area contributed by atoms with Crippen LogP contribution in [0, 0.1) is 6.92 Å². The molecule has 1 heterocycles. The topological polar surface area (TPSA) is 65.7 Å². The van der Waals surface area contributed by atoms with Crippen molar-refractivity contribution in [1.82, 2.24) is 0 Å². The van der Waals surface area contributed by atoms with Crippen molar-refractivity contribution in [3.8, 4) is 5.75 Å². The van der Waals surface area contributed by atoms with E-state index in [0.717, 1.165) is 28.6 Å². The molecule has 34 heavy (non-hydrogen) atoms. The van der Waals surface area contributed by atoms with E-state index < -0.39 is 23.3 Å². The summed E-state index contributed by atoms with van der Waals surface area (Å²) >= 11 is 0. The minimum Gasteiger partial charge on any atom is -0.489 e. The monoisotopic (exact) mass is 468 g/mol. The van der Waals surface area contributed by atoms with Gasteiger partial charge in [0.15, 0.2) is 0 Å². The summed E-state index contributed by atoms with van der Waals surface area (Å²) in [6.07, 6.45) is -4.46. The van der Waals surface area contributed by atoms with Crippen molar-refractivity contribution in [3.05, 3.63) is 111 Å². The number of fused-ring (bicyclic) bond motifs is 1. The third kappa shape index (κ3) is 5.46. The Balaban J connectivity index is 1.35. The van der Waals surface area contributed by atoms with Gasteiger partial charge in [-0.05, 0) is 60.0 Å². The van der Waals surface area contributed by atoms with Crippen molar-refractivity contribution in [2.45, 2.75) is 26.3 Å². The van der Waals surface area contributed by atoms with Gasteiger partial charge in [-0.3, -0.25) is 0 Å². The molecule has 4 rings (SSSR count). The summed E-state index contributed by atoms with van der Waals surface area (Å²) < 4.78 is 54.5. The second-order valence-electron chi connectivity index (χ2n) is 7.67. The molecule has 0 unspecified atom stereocenters. The smallest absolute Gasteiger partial charge is 0.416 e. The maximum atomic E-state index is 12.8. The Kier molecular flexibility index (Phi) is 6.40. The second-order valence-corrected chi connectivity index (χ2v) is 7.67. The zero-order chi connectivity index (χ0) is 24.3. The van der Waals surface area contributed by atoms with Gasteiger partial charge < -0.3 is 13.9 Å². The van der Waals surface area contributed by atoms with Crippen LogP contribution in [-0.4, -0.2) is 5.97 Å². The van der Waals surface area contributed by atoms with E-state index in [0.29, 0.717) is 11.3 Å². The van der Waals surface area contributed by atoms with E-state index in [4.69, 9.17) is 13.9 Å². The largest absolute Gasteiger partial charge is 0.489 e. The van der Waals surface area contributed by atoms with Crippen LogP contribution in [0.15, 0.2) is 82.0 Å². The first-order valence-corrected chi connectivity index (χ1v) is 10.3. The molecule has 8 heteroatoms. The van der Waals surface area contributed by atoms with Crippen molar-refractivity contribution in [1.29, 1.82) is 0 Å². The van der Waals surface area contributed by atoms with E-state index in [-0.39, 0.29) is 24.3 Å². The molecule has 1 aromatic heterocycles. The third-order valence-corrected chi connectivity index (χ3v) is 5.14. The summed E-state index contributed by atoms with van der Waals surface area (Å²) in [4.78, 5) is 23.8. The van der Waals surface area contributed by atoms with Crippen molar-refractivity contribution >= 4 is 16.9 Å². The van der Waals surface area contributed by atoms with E-state index in [1.54, 1.807) is 36.4 Å². The van der Waals surface area contributed by atoms with Crippen LogP contribution in [-0.2, 0) is 24.1 Å². The zero-order valence-electron chi connectivity index (χ0n) is 18.0. The Bertz CT molecular complexity index is 1390. The first kappa shape index (κ1) is 23.1. The Morgan fingerprint density at radius 1 is 0.912 bits per heavy atom. The van der Waals surface area contributed by atoms with E-state index in [1.165, 1.54) is 18.2 Å². The second kappa shape index (κ2) is 9.43. The number of carbonyl (C=O) groups is 1. The van der Waals surface area contributed by atoms with Gasteiger partial charge in [0.05, 0.1) is 11.1 Å². The van der Waals surface area contributed by atoms with Gasteiger partial charge >= 0.3 is 17.8 Å². The predicted molar refractivity (Wildman–Crippen MR) is 119 cm³/mol. The summed E-state index contributed by atoms with van der Waals surface area (Å²) in [6, 6.07) is 17.8. The van der Waals surface area contributed by atoms with Crippen LogP contribution in [0.2, 0.25) is 0 Å². The Morgan fingerprint density at radius 3 is 2.41 bits per heavy atom. The van der Waals surface area contributed by atoms with E-state index in [2.05, 4.69) is 0 Å². The van der Waals surface area contributed by atoms with Crippen molar-refractivity contribution in [2.24, 2.45) is 0 Å². The predicted octanol–water partition coefficient (Wildman–Crippen LogP) is 6.06. The van der Waals surface area contributed by atoms with Crippen molar-refractivity contribution in [3.63, 3.8) is 0 Å². The van der Waals surface area contributed by atoms with Crippen LogP contribution in [0.5, 0.6) is 5.75 Å². The number of alkyl halides is 3. The van der Waals surface area contributed by atoms with Crippen LogP contribution < -0.4 is 10.4 Å². The number of ether oxygens (including phenoxy) is 2. The van der Waals surface area contributed by atoms with Gasteiger partial charge in [-0.15, -0.1) is 0 Å². The van der Waals surface area contributed by atoms with E-state index in [1.807, 2.05) is 13.0 Å². The molecule has 0 aliphatic rings. The minimum absolute atomic E-state index is 0.209. The molecular formula is C26H19F3O5. The lowest BCUT2D eigenvalue weighted by molar-refractivity contribution is -0.137. The number of benzene rings is 3. The molecule has 0 N–H and O–H groups in total. The molecule has 0 spiro atoms. The number of halogens is 3. The quantitative estimate of drug-likeness (QED) is 0.254. The molecule has 4 aromatic rings. The minimum atomic E-state index is -4.46. The Labute approximate surface area is 192 Å². The molecule has 174 valence electrons. The molecule has 0 saturated carbocycles. The lowest BCUT2D eigenvalue weighted by atomic mass is 10.1. The Hall–Kier alpha value is -4.07. The van der Waals surface area contributed by atoms with Crippen molar-refractivity contribution < 1.29 is 31.9 Å². The summed E-state index contributed by atoms with van der Waals surface area (Å²) in [5.74, 6) is -0.129. The highest BCUT2D eigenvalue weighted by atomic mass is 19.4. The van der Waals surface area contributed by atoms with Gasteiger partial charge in [0.1, 0.15) is 24.5 Å². The third-order valence-electron chi connectivity index (χ3n) is 5.14. The molecule has 0 aliphatic heterocycles. The van der Waals surface area contributed by atoms with E-state index >= 15 is 0 Å². The molecule has 3 aromatic carbocycles. The maximum absolute atomic E-state index is 12.8. The van der Waals surface area contributed by atoms with Crippen molar-refractivity contribution in [2.75, 3.05) is 0 Å². The summed E-state index contributed by atoms with van der Waals surface area (Å²) in [5.41, 5.74) is 1.30. The van der Waals surface area contributed by atoms with Crippen LogP contribution in [0.4, 0.5) is 13.2 Å². The highest BCUT2D eigenvalue weighted by Gasteiger charge is 2.30. The first-order chi connectivity index (χ1) is 16.2. The molecule has 0 bridgehead atoms. The summed E-state index contributed by atoms with van der Waals surface area (Å²) in [6.45, 7) is 1.76. The molecule has 0 atom stereocenters. The summed E-state index contributed by atoms with van der Waals surface area (Å²) in [7, 11) is 0. The number of carbonyl (C=O) groups excluding carboxylic acids is 1. The fourth-order valence-corrected chi connectivity index (χ4v) is 3.37. The molecule has 0 amide bonds. The molecular weight excluding hydrogens is 449 g/mol.